The van der Waals surface area contributed by atoms with Gasteiger partial charge in [0.2, 0.25) is 11.9 Å². The number of thioether (sulfide) groups is 1. The van der Waals surface area contributed by atoms with E-state index in [0.29, 0.717) is 13.2 Å². The Hall–Kier alpha value is -2.26. The Morgan fingerprint density at radius 1 is 1.30 bits per heavy atom. The van der Waals surface area contributed by atoms with Crippen LogP contribution >= 0.6 is 11.8 Å². The van der Waals surface area contributed by atoms with Gasteiger partial charge in [0.1, 0.15) is 5.75 Å². The van der Waals surface area contributed by atoms with Crippen molar-refractivity contribution >= 4 is 29.3 Å². The molecule has 8 nitrogen and oxygen atoms in total. The fourth-order valence-electron chi connectivity index (χ4n) is 2.77. The van der Waals surface area contributed by atoms with Crippen LogP contribution < -0.4 is 15.0 Å². The van der Waals surface area contributed by atoms with Crippen LogP contribution in [-0.4, -0.2) is 59.3 Å². The normalized spacial score (nSPS) is 15.4. The van der Waals surface area contributed by atoms with Gasteiger partial charge in [-0.3, -0.25) is 9.36 Å². The van der Waals surface area contributed by atoms with E-state index >= 15 is 0 Å². The molecule has 0 unspecified atom stereocenters. The van der Waals surface area contributed by atoms with Crippen molar-refractivity contribution in [2.75, 3.05) is 43.6 Å². The van der Waals surface area contributed by atoms with E-state index in [2.05, 4.69) is 27.3 Å². The van der Waals surface area contributed by atoms with Crippen LogP contribution in [0.1, 0.15) is 13.8 Å². The second-order valence-electron chi connectivity index (χ2n) is 6.10. The number of carbonyl (C=O) groups is 1. The lowest BCUT2D eigenvalue weighted by Gasteiger charge is -2.27. The second-order valence-corrected chi connectivity index (χ2v) is 7.41. The molecule has 1 aliphatic rings. The Balaban J connectivity index is 1.64. The maximum absolute atomic E-state index is 12.5. The van der Waals surface area contributed by atoms with E-state index in [1.165, 1.54) is 11.8 Å². The highest BCUT2D eigenvalue weighted by atomic mass is 32.2. The molecular formula is C18H25N5O3S. The van der Waals surface area contributed by atoms with Crippen LogP contribution in [-0.2, 0) is 16.1 Å². The second kappa shape index (κ2) is 9.09. The van der Waals surface area contributed by atoms with Gasteiger partial charge in [0.15, 0.2) is 5.16 Å². The average molecular weight is 391 g/mol. The van der Waals surface area contributed by atoms with Crippen LogP contribution in [0.3, 0.4) is 0 Å². The minimum atomic E-state index is -0.306. The molecule has 1 atom stereocenters. The molecule has 1 fully saturated rings. The number of hydrogen-bond acceptors (Lipinski definition) is 7. The van der Waals surface area contributed by atoms with Crippen molar-refractivity contribution < 1.29 is 14.3 Å². The summed E-state index contributed by atoms with van der Waals surface area (Å²) in [5.41, 5.74) is 0.735. The van der Waals surface area contributed by atoms with Crippen LogP contribution in [0.5, 0.6) is 5.75 Å². The first-order valence-corrected chi connectivity index (χ1v) is 9.87. The number of anilines is 2. The first kappa shape index (κ1) is 19.5. The van der Waals surface area contributed by atoms with Gasteiger partial charge in [-0.15, -0.1) is 10.2 Å². The molecule has 0 bridgehead atoms. The number of benzene rings is 1. The Labute approximate surface area is 163 Å². The van der Waals surface area contributed by atoms with E-state index in [9.17, 15) is 4.79 Å². The van der Waals surface area contributed by atoms with Gasteiger partial charge < -0.3 is 19.7 Å². The highest BCUT2D eigenvalue weighted by molar-refractivity contribution is 8.00. The van der Waals surface area contributed by atoms with Gasteiger partial charge in [-0.2, -0.15) is 0 Å². The molecule has 2 aromatic rings. The lowest BCUT2D eigenvalue weighted by atomic mass is 10.3. The van der Waals surface area contributed by atoms with Crippen molar-refractivity contribution in [3.05, 3.63) is 24.3 Å². The number of ether oxygens (including phenoxy) is 2. The Kier molecular flexibility index (Phi) is 6.57. The molecule has 0 saturated carbocycles. The van der Waals surface area contributed by atoms with Gasteiger partial charge in [0, 0.05) is 25.3 Å². The maximum atomic E-state index is 12.5. The number of aromatic nitrogens is 3. The van der Waals surface area contributed by atoms with Crippen molar-refractivity contribution in [2.45, 2.75) is 30.8 Å². The fourth-order valence-corrected chi connectivity index (χ4v) is 3.68. The summed E-state index contributed by atoms with van der Waals surface area (Å²) in [7, 11) is 1.61. The molecule has 2 heterocycles. The zero-order valence-electron chi connectivity index (χ0n) is 15.8. The summed E-state index contributed by atoms with van der Waals surface area (Å²) in [5.74, 6) is 1.51. The van der Waals surface area contributed by atoms with Gasteiger partial charge in [-0.25, -0.2) is 0 Å². The molecule has 3 rings (SSSR count). The molecule has 1 N–H and O–H groups in total. The molecule has 0 aliphatic carbocycles. The minimum absolute atomic E-state index is 0.0799. The summed E-state index contributed by atoms with van der Waals surface area (Å²) < 4.78 is 12.6. The molecule has 9 heteroatoms. The van der Waals surface area contributed by atoms with Crippen molar-refractivity contribution in [2.24, 2.45) is 0 Å². The maximum Gasteiger partial charge on any atom is 0.237 e. The summed E-state index contributed by atoms with van der Waals surface area (Å²) in [6.45, 7) is 7.66. The molecule has 1 aromatic heterocycles. The van der Waals surface area contributed by atoms with Gasteiger partial charge >= 0.3 is 0 Å². The molecule has 1 aromatic carbocycles. The smallest absolute Gasteiger partial charge is 0.237 e. The number of nitrogens with one attached hydrogen (secondary N) is 1. The van der Waals surface area contributed by atoms with E-state index in [0.717, 1.165) is 42.2 Å². The highest BCUT2D eigenvalue weighted by Crippen LogP contribution is 2.27. The lowest BCUT2D eigenvalue weighted by Crippen LogP contribution is -2.38. The summed E-state index contributed by atoms with van der Waals surface area (Å²) in [6, 6.07) is 7.27. The fraction of sp³-hybridized carbons (Fsp3) is 0.500. The third kappa shape index (κ3) is 4.72. The monoisotopic (exact) mass is 391 g/mol. The average Bonchev–Trinajstić information content (AvgIpc) is 3.11. The lowest BCUT2D eigenvalue weighted by molar-refractivity contribution is -0.115. The Morgan fingerprint density at radius 2 is 2.00 bits per heavy atom. The van der Waals surface area contributed by atoms with Gasteiger partial charge in [-0.1, -0.05) is 11.8 Å². The first-order chi connectivity index (χ1) is 13.1. The number of methoxy groups -OCH3 is 1. The van der Waals surface area contributed by atoms with E-state index in [4.69, 9.17) is 9.47 Å². The highest BCUT2D eigenvalue weighted by Gasteiger charge is 2.23. The number of hydrogen-bond donors (Lipinski definition) is 1. The molecule has 146 valence electrons. The summed E-state index contributed by atoms with van der Waals surface area (Å²) in [6.07, 6.45) is 0. The third-order valence-corrected chi connectivity index (χ3v) is 5.40. The first-order valence-electron chi connectivity index (χ1n) is 8.99. The third-order valence-electron chi connectivity index (χ3n) is 4.32. The predicted octanol–water partition coefficient (Wildman–Crippen LogP) is 2.26. The molecule has 1 amide bonds. The van der Waals surface area contributed by atoms with Crippen molar-refractivity contribution in [3.63, 3.8) is 0 Å². The molecule has 1 saturated heterocycles. The number of nitrogens with zero attached hydrogens (tertiary/aromatic N) is 4. The Morgan fingerprint density at radius 3 is 2.63 bits per heavy atom. The van der Waals surface area contributed by atoms with Crippen LogP contribution in [0.15, 0.2) is 29.4 Å². The minimum Gasteiger partial charge on any atom is -0.497 e. The van der Waals surface area contributed by atoms with Crippen LogP contribution in [0.2, 0.25) is 0 Å². The number of rotatable bonds is 7. The zero-order chi connectivity index (χ0) is 19.2. The summed E-state index contributed by atoms with van der Waals surface area (Å²) in [5, 5.41) is 12.0. The standard InChI is InChI=1S/C18H25N5O3S/c1-4-23-17(22-9-11-26-12-10-22)20-21-18(23)27-13(2)16(24)19-14-5-7-15(25-3)8-6-14/h5-8,13H,4,9-12H2,1-3H3,(H,19,24)/t13-/m0/s1. The van der Waals surface area contributed by atoms with E-state index in [1.54, 1.807) is 7.11 Å². The van der Waals surface area contributed by atoms with Crippen molar-refractivity contribution in [3.8, 4) is 5.75 Å². The molecule has 0 radical (unpaired) electrons. The van der Waals surface area contributed by atoms with Gasteiger partial charge in [0.05, 0.1) is 25.6 Å². The SMILES string of the molecule is CCn1c(S[C@@H](C)C(=O)Nc2ccc(OC)cc2)nnc1N1CCOCC1. The number of morpholine rings is 1. The van der Waals surface area contributed by atoms with Crippen molar-refractivity contribution in [1.29, 1.82) is 0 Å². The summed E-state index contributed by atoms with van der Waals surface area (Å²) >= 11 is 1.41. The van der Waals surface area contributed by atoms with Gasteiger partial charge in [0.25, 0.3) is 0 Å². The van der Waals surface area contributed by atoms with E-state index in [1.807, 2.05) is 35.8 Å². The predicted molar refractivity (Wildman–Crippen MR) is 106 cm³/mol. The molecule has 27 heavy (non-hydrogen) atoms. The Bertz CT molecular complexity index is 759. The van der Waals surface area contributed by atoms with E-state index in [-0.39, 0.29) is 11.2 Å². The van der Waals surface area contributed by atoms with Crippen LogP contribution in [0.4, 0.5) is 11.6 Å². The number of amides is 1. The molecule has 1 aliphatic heterocycles. The summed E-state index contributed by atoms with van der Waals surface area (Å²) in [4.78, 5) is 14.7. The quantitative estimate of drug-likeness (QED) is 0.725. The van der Waals surface area contributed by atoms with Crippen LogP contribution in [0, 0.1) is 0 Å². The zero-order valence-corrected chi connectivity index (χ0v) is 16.7. The largest absolute Gasteiger partial charge is 0.497 e. The van der Waals surface area contributed by atoms with Gasteiger partial charge in [-0.05, 0) is 38.1 Å². The number of carbonyl (C=O) groups excluding carboxylic acids is 1. The van der Waals surface area contributed by atoms with Crippen LogP contribution in [0.25, 0.3) is 0 Å². The van der Waals surface area contributed by atoms with E-state index < -0.39 is 0 Å². The topological polar surface area (TPSA) is 81.5 Å². The molecule has 0 spiro atoms. The molecular weight excluding hydrogens is 366 g/mol. The van der Waals surface area contributed by atoms with Crippen molar-refractivity contribution in [1.82, 2.24) is 14.8 Å².